The van der Waals surface area contributed by atoms with Gasteiger partial charge in [-0.05, 0) is 26.7 Å². The second-order valence-corrected chi connectivity index (χ2v) is 6.53. The molecule has 1 heterocycles. The molecule has 0 bridgehead atoms. The molecule has 2 unspecified atom stereocenters. The van der Waals surface area contributed by atoms with Crippen molar-refractivity contribution in [1.82, 2.24) is 10.2 Å². The fourth-order valence-electron chi connectivity index (χ4n) is 2.24. The molecular formula is C15H26N2O3S. The molecule has 1 aliphatic rings. The maximum atomic E-state index is 12.4. The predicted octanol–water partition coefficient (Wildman–Crippen LogP) is 1.79. The Labute approximate surface area is 131 Å². The van der Waals surface area contributed by atoms with Crippen LogP contribution >= 0.6 is 11.8 Å². The maximum Gasteiger partial charge on any atom is 0.248 e. The summed E-state index contributed by atoms with van der Waals surface area (Å²) in [7, 11) is 1.64. The third kappa shape index (κ3) is 5.36. The molecule has 0 radical (unpaired) electrons. The largest absolute Gasteiger partial charge is 0.385 e. The van der Waals surface area contributed by atoms with E-state index in [0.717, 1.165) is 18.4 Å². The first-order valence-electron chi connectivity index (χ1n) is 7.36. The van der Waals surface area contributed by atoms with Gasteiger partial charge in [0, 0.05) is 32.1 Å². The van der Waals surface area contributed by atoms with E-state index in [4.69, 9.17) is 4.74 Å². The fourth-order valence-corrected chi connectivity index (χ4v) is 3.61. The fraction of sp³-hybridized carbons (Fsp3) is 0.733. The molecular weight excluding hydrogens is 288 g/mol. The van der Waals surface area contributed by atoms with Crippen molar-refractivity contribution in [3.8, 4) is 0 Å². The molecule has 0 aromatic heterocycles. The van der Waals surface area contributed by atoms with Crippen molar-refractivity contribution in [3.63, 3.8) is 0 Å². The van der Waals surface area contributed by atoms with Crippen LogP contribution in [-0.2, 0) is 14.3 Å². The summed E-state index contributed by atoms with van der Waals surface area (Å²) in [6.07, 6.45) is 3.24. The van der Waals surface area contributed by atoms with Crippen LogP contribution in [0.2, 0.25) is 0 Å². The highest BCUT2D eigenvalue weighted by molar-refractivity contribution is 8.00. The SMILES string of the molecule is CCC1SCC(C(=O)NCCCOC)N1C(=O)C=C(C)C. The van der Waals surface area contributed by atoms with E-state index >= 15 is 0 Å². The first-order chi connectivity index (χ1) is 10.0. The highest BCUT2D eigenvalue weighted by Gasteiger charge is 2.39. The zero-order chi connectivity index (χ0) is 15.8. The van der Waals surface area contributed by atoms with Crippen LogP contribution in [0.15, 0.2) is 11.6 Å². The molecule has 21 heavy (non-hydrogen) atoms. The van der Waals surface area contributed by atoms with Gasteiger partial charge >= 0.3 is 0 Å². The first-order valence-corrected chi connectivity index (χ1v) is 8.41. The smallest absolute Gasteiger partial charge is 0.248 e. The van der Waals surface area contributed by atoms with E-state index in [1.54, 1.807) is 29.8 Å². The minimum Gasteiger partial charge on any atom is -0.385 e. The molecule has 2 atom stereocenters. The Hall–Kier alpha value is -1.01. The molecule has 0 aliphatic carbocycles. The van der Waals surface area contributed by atoms with Crippen LogP contribution in [0.5, 0.6) is 0 Å². The minimum absolute atomic E-state index is 0.0648. The van der Waals surface area contributed by atoms with Gasteiger partial charge in [0.25, 0.3) is 0 Å². The Morgan fingerprint density at radius 3 is 2.71 bits per heavy atom. The van der Waals surface area contributed by atoms with Gasteiger partial charge in [-0.1, -0.05) is 12.5 Å². The quantitative estimate of drug-likeness (QED) is 0.575. The lowest BCUT2D eigenvalue weighted by atomic mass is 10.2. The number of allylic oxidation sites excluding steroid dienone is 1. The molecule has 0 spiro atoms. The average molecular weight is 314 g/mol. The van der Waals surface area contributed by atoms with E-state index in [1.165, 1.54) is 0 Å². The molecule has 0 aromatic rings. The zero-order valence-corrected chi connectivity index (χ0v) is 14.2. The summed E-state index contributed by atoms with van der Waals surface area (Å²) in [6, 6.07) is -0.370. The maximum absolute atomic E-state index is 12.4. The van der Waals surface area contributed by atoms with Crippen molar-refractivity contribution in [2.75, 3.05) is 26.0 Å². The van der Waals surface area contributed by atoms with E-state index in [1.807, 2.05) is 20.8 Å². The Balaban J connectivity index is 2.68. The van der Waals surface area contributed by atoms with Crippen molar-refractivity contribution in [2.24, 2.45) is 0 Å². The number of rotatable bonds is 7. The molecule has 120 valence electrons. The number of methoxy groups -OCH3 is 1. The van der Waals surface area contributed by atoms with Crippen molar-refractivity contribution >= 4 is 23.6 Å². The molecule has 1 aliphatic heterocycles. The van der Waals surface area contributed by atoms with Gasteiger partial charge in [-0.2, -0.15) is 0 Å². The molecule has 1 fully saturated rings. The predicted molar refractivity (Wildman–Crippen MR) is 86.1 cm³/mol. The molecule has 2 amide bonds. The van der Waals surface area contributed by atoms with E-state index in [2.05, 4.69) is 5.32 Å². The van der Waals surface area contributed by atoms with Gasteiger partial charge in [0.2, 0.25) is 11.8 Å². The lowest BCUT2D eigenvalue weighted by Gasteiger charge is -2.27. The summed E-state index contributed by atoms with van der Waals surface area (Å²) >= 11 is 1.68. The number of ether oxygens (including phenoxy) is 1. The molecule has 5 nitrogen and oxygen atoms in total. The van der Waals surface area contributed by atoms with Crippen LogP contribution in [0.25, 0.3) is 0 Å². The number of nitrogens with one attached hydrogen (secondary N) is 1. The number of thioether (sulfide) groups is 1. The van der Waals surface area contributed by atoms with Gasteiger partial charge in [0.15, 0.2) is 0 Å². The number of hydrogen-bond acceptors (Lipinski definition) is 4. The lowest BCUT2D eigenvalue weighted by Crippen LogP contribution is -2.49. The van der Waals surface area contributed by atoms with Crippen LogP contribution in [0.1, 0.15) is 33.6 Å². The molecule has 0 aromatic carbocycles. The molecule has 1 rings (SSSR count). The van der Waals surface area contributed by atoms with Gasteiger partial charge in [-0.3, -0.25) is 9.59 Å². The van der Waals surface area contributed by atoms with Gasteiger partial charge < -0.3 is 15.0 Å². The normalized spacial score (nSPS) is 21.2. The van der Waals surface area contributed by atoms with Crippen molar-refractivity contribution < 1.29 is 14.3 Å². The van der Waals surface area contributed by atoms with Gasteiger partial charge in [-0.15, -0.1) is 11.8 Å². The summed E-state index contributed by atoms with van der Waals surface area (Å²) in [6.45, 7) is 7.02. The van der Waals surface area contributed by atoms with Gasteiger partial charge in [0.1, 0.15) is 6.04 Å². The molecule has 1 saturated heterocycles. The number of nitrogens with zero attached hydrogens (tertiary/aromatic N) is 1. The van der Waals surface area contributed by atoms with E-state index in [0.29, 0.717) is 18.9 Å². The second-order valence-electron chi connectivity index (χ2n) is 5.32. The van der Waals surface area contributed by atoms with Crippen LogP contribution in [0, 0.1) is 0 Å². The number of amides is 2. The number of carbonyl (C=O) groups excluding carboxylic acids is 2. The number of hydrogen-bond donors (Lipinski definition) is 1. The van der Waals surface area contributed by atoms with Crippen molar-refractivity contribution in [2.45, 2.75) is 45.0 Å². The molecule has 6 heteroatoms. The van der Waals surface area contributed by atoms with Crippen LogP contribution < -0.4 is 5.32 Å². The summed E-state index contributed by atoms with van der Waals surface area (Å²) in [4.78, 5) is 26.4. The summed E-state index contributed by atoms with van der Waals surface area (Å²) in [5.41, 5.74) is 0.950. The monoisotopic (exact) mass is 314 g/mol. The van der Waals surface area contributed by atoms with E-state index < -0.39 is 0 Å². The summed E-state index contributed by atoms with van der Waals surface area (Å²) in [5.74, 6) is 0.533. The van der Waals surface area contributed by atoms with E-state index in [9.17, 15) is 9.59 Å². The Bertz CT molecular complexity index is 394. The Morgan fingerprint density at radius 2 is 2.14 bits per heavy atom. The van der Waals surface area contributed by atoms with Crippen molar-refractivity contribution in [1.29, 1.82) is 0 Å². The van der Waals surface area contributed by atoms with Crippen LogP contribution in [-0.4, -0.2) is 54.1 Å². The Morgan fingerprint density at radius 1 is 1.43 bits per heavy atom. The Kier molecular flexibility index (Phi) is 7.82. The highest BCUT2D eigenvalue weighted by atomic mass is 32.2. The number of carbonyl (C=O) groups is 2. The lowest BCUT2D eigenvalue weighted by molar-refractivity contribution is -0.136. The van der Waals surface area contributed by atoms with Crippen LogP contribution in [0.3, 0.4) is 0 Å². The van der Waals surface area contributed by atoms with Gasteiger partial charge in [-0.25, -0.2) is 0 Å². The van der Waals surface area contributed by atoms with E-state index in [-0.39, 0.29) is 23.2 Å². The van der Waals surface area contributed by atoms with Crippen LogP contribution in [0.4, 0.5) is 0 Å². The highest BCUT2D eigenvalue weighted by Crippen LogP contribution is 2.31. The van der Waals surface area contributed by atoms with Gasteiger partial charge in [0.05, 0.1) is 5.37 Å². The summed E-state index contributed by atoms with van der Waals surface area (Å²) < 4.78 is 4.96. The first kappa shape index (κ1) is 18.0. The summed E-state index contributed by atoms with van der Waals surface area (Å²) in [5, 5.41) is 2.98. The molecule has 0 saturated carbocycles. The third-order valence-electron chi connectivity index (χ3n) is 3.24. The second kappa shape index (κ2) is 9.10. The zero-order valence-electron chi connectivity index (χ0n) is 13.3. The molecule has 1 N–H and O–H groups in total. The standard InChI is InChI=1S/C15H26N2O3S/c1-5-14-17(13(18)9-11(2)3)12(10-21-14)15(19)16-7-6-8-20-4/h9,12,14H,5-8,10H2,1-4H3,(H,16,19). The third-order valence-corrected chi connectivity index (χ3v) is 4.69. The topological polar surface area (TPSA) is 58.6 Å². The van der Waals surface area contributed by atoms with Crippen molar-refractivity contribution in [3.05, 3.63) is 11.6 Å². The average Bonchev–Trinajstić information content (AvgIpc) is 2.86. The minimum atomic E-state index is -0.370.